The molecule has 2 heterocycles. The third kappa shape index (κ3) is 6.30. The average molecular weight is 520 g/mol. The van der Waals surface area contributed by atoms with E-state index in [0.717, 1.165) is 30.0 Å². The fourth-order valence-electron chi connectivity index (χ4n) is 5.04. The lowest BCUT2D eigenvalue weighted by Gasteiger charge is -2.43. The van der Waals surface area contributed by atoms with Gasteiger partial charge in [0.25, 0.3) is 0 Å². The fraction of sp³-hybridized carbons (Fsp3) is 0.519. The van der Waals surface area contributed by atoms with E-state index in [9.17, 15) is 22.8 Å². The van der Waals surface area contributed by atoms with Crippen LogP contribution in [-0.4, -0.2) is 72.4 Å². The number of hydrogen-bond acceptors (Lipinski definition) is 6. The van der Waals surface area contributed by atoms with Crippen LogP contribution in [0.25, 0.3) is 0 Å². The molecule has 10 heteroatoms. The van der Waals surface area contributed by atoms with E-state index in [1.807, 2.05) is 11.9 Å². The van der Waals surface area contributed by atoms with Gasteiger partial charge in [-0.05, 0) is 75.6 Å². The van der Waals surface area contributed by atoms with Gasteiger partial charge in [0.1, 0.15) is 11.8 Å². The largest absolute Gasteiger partial charge is 0.477 e. The van der Waals surface area contributed by atoms with E-state index in [-0.39, 0.29) is 17.0 Å². The summed E-state index contributed by atoms with van der Waals surface area (Å²) in [6, 6.07) is 3.20. The number of nitrogens with zero attached hydrogens (tertiary/aromatic N) is 3. The van der Waals surface area contributed by atoms with Crippen molar-refractivity contribution in [3.63, 3.8) is 0 Å². The number of carbonyl (C=O) groups excluding carboxylic acids is 1. The standard InChI is InChI=1S/C27H32F3N3O4/c1-26(9-7-18(8-10-26)15-24(34)21-5-6-22(31-21)25(35)36)32(2)17-19-3-4-20(27(28,29)30)16-23(19)33-11-13-37-14-12-33/h3-6,15-16,21H,7-14,17H2,1-2H3,(H,35,36). The van der Waals surface area contributed by atoms with Crippen molar-refractivity contribution in [1.29, 1.82) is 0 Å². The molecule has 4 rings (SSSR count). The number of benzene rings is 1. The number of aliphatic carboxylic acids is 1. The van der Waals surface area contributed by atoms with Gasteiger partial charge in [0.15, 0.2) is 5.78 Å². The molecule has 1 unspecified atom stereocenters. The van der Waals surface area contributed by atoms with Gasteiger partial charge in [-0.3, -0.25) is 14.7 Å². The van der Waals surface area contributed by atoms with Crippen LogP contribution in [0.2, 0.25) is 0 Å². The van der Waals surface area contributed by atoms with E-state index in [0.29, 0.717) is 51.4 Å². The summed E-state index contributed by atoms with van der Waals surface area (Å²) in [5.74, 6) is -1.38. The highest BCUT2D eigenvalue weighted by atomic mass is 19.4. The number of morpholine rings is 1. The number of allylic oxidation sites excluding steroid dienone is 1. The SMILES string of the molecule is CN(Cc1ccc(C(F)(F)F)cc1N1CCOCC1)C1(C)CCC(=CC(=O)C2C=CC(C(=O)O)=N2)CC1. The van der Waals surface area contributed by atoms with Gasteiger partial charge in [-0.1, -0.05) is 11.6 Å². The lowest BCUT2D eigenvalue weighted by Crippen LogP contribution is -2.45. The first-order valence-corrected chi connectivity index (χ1v) is 12.4. The summed E-state index contributed by atoms with van der Waals surface area (Å²) in [5.41, 5.74) is 1.49. The van der Waals surface area contributed by atoms with Gasteiger partial charge in [0.2, 0.25) is 0 Å². The van der Waals surface area contributed by atoms with Gasteiger partial charge in [-0.25, -0.2) is 4.79 Å². The lowest BCUT2D eigenvalue weighted by molar-refractivity contribution is -0.137. The smallest absolute Gasteiger partial charge is 0.416 e. The third-order valence-electron chi connectivity index (χ3n) is 7.63. The first-order chi connectivity index (χ1) is 17.5. The summed E-state index contributed by atoms with van der Waals surface area (Å²) in [5, 5.41) is 9.02. The quantitative estimate of drug-likeness (QED) is 0.542. The predicted octanol–water partition coefficient (Wildman–Crippen LogP) is 4.27. The highest BCUT2D eigenvalue weighted by molar-refractivity contribution is 6.41. The molecule has 1 saturated carbocycles. The van der Waals surface area contributed by atoms with Crippen LogP contribution in [0.4, 0.5) is 18.9 Å². The minimum absolute atomic E-state index is 0.116. The molecule has 0 amide bonds. The molecular formula is C27H32F3N3O4. The molecular weight excluding hydrogens is 487 g/mol. The Morgan fingerprint density at radius 2 is 1.92 bits per heavy atom. The second kappa shape index (κ2) is 10.8. The van der Waals surface area contributed by atoms with E-state index < -0.39 is 23.8 Å². The van der Waals surface area contributed by atoms with Gasteiger partial charge in [-0.2, -0.15) is 13.2 Å². The van der Waals surface area contributed by atoms with Crippen LogP contribution in [0.15, 0.2) is 47.0 Å². The van der Waals surface area contributed by atoms with E-state index in [2.05, 4.69) is 16.8 Å². The Bertz CT molecular complexity index is 1130. The maximum absolute atomic E-state index is 13.4. The molecule has 1 aromatic carbocycles. The van der Waals surface area contributed by atoms with Crippen LogP contribution in [0.3, 0.4) is 0 Å². The predicted molar refractivity (Wildman–Crippen MR) is 134 cm³/mol. The second-order valence-electron chi connectivity index (χ2n) is 10.1. The molecule has 1 aromatic rings. The number of ether oxygens (including phenoxy) is 1. The molecule has 2 fully saturated rings. The van der Waals surface area contributed by atoms with Gasteiger partial charge in [0, 0.05) is 30.9 Å². The number of alkyl halides is 3. The molecule has 0 bridgehead atoms. The number of carboxylic acids is 1. The van der Waals surface area contributed by atoms with Gasteiger partial charge in [-0.15, -0.1) is 0 Å². The monoisotopic (exact) mass is 519 g/mol. The van der Waals surface area contributed by atoms with E-state index >= 15 is 0 Å². The molecule has 2 aliphatic heterocycles. The molecule has 1 aliphatic carbocycles. The van der Waals surface area contributed by atoms with E-state index in [1.165, 1.54) is 18.2 Å². The maximum atomic E-state index is 13.4. The van der Waals surface area contributed by atoms with Crippen LogP contribution in [0, 0.1) is 0 Å². The summed E-state index contributed by atoms with van der Waals surface area (Å²) in [7, 11) is 1.99. The van der Waals surface area contributed by atoms with Gasteiger partial charge >= 0.3 is 12.1 Å². The molecule has 3 aliphatic rings. The van der Waals surface area contributed by atoms with Crippen molar-refractivity contribution < 1.29 is 32.6 Å². The van der Waals surface area contributed by atoms with Crippen molar-refractivity contribution in [1.82, 2.24) is 4.90 Å². The zero-order valence-electron chi connectivity index (χ0n) is 21.1. The number of aliphatic imine (C=N–C) groups is 1. The Balaban J connectivity index is 1.44. The number of halogens is 3. The minimum Gasteiger partial charge on any atom is -0.477 e. The fourth-order valence-corrected chi connectivity index (χ4v) is 5.04. The molecule has 0 spiro atoms. The van der Waals surface area contributed by atoms with E-state index in [4.69, 9.17) is 9.84 Å². The second-order valence-corrected chi connectivity index (χ2v) is 10.1. The summed E-state index contributed by atoms with van der Waals surface area (Å²) < 4.78 is 45.7. The van der Waals surface area contributed by atoms with E-state index in [1.54, 1.807) is 12.1 Å². The third-order valence-corrected chi connectivity index (χ3v) is 7.63. The summed E-state index contributed by atoms with van der Waals surface area (Å²) in [6.07, 6.45) is 3.04. The number of ketones is 1. The van der Waals surface area contributed by atoms with Crippen molar-refractivity contribution in [2.24, 2.45) is 4.99 Å². The first kappa shape index (κ1) is 27.1. The van der Waals surface area contributed by atoms with Crippen LogP contribution < -0.4 is 4.90 Å². The Hall–Kier alpha value is -2.98. The summed E-state index contributed by atoms with van der Waals surface area (Å²) in [6.45, 7) is 4.71. The van der Waals surface area contributed by atoms with Crippen molar-refractivity contribution in [3.05, 3.63) is 53.1 Å². The Morgan fingerprint density at radius 1 is 1.24 bits per heavy atom. The number of carboxylic acid groups (broad SMARTS) is 1. The Labute approximate surface area is 214 Å². The molecule has 1 atom stereocenters. The van der Waals surface area contributed by atoms with Crippen LogP contribution in [-0.2, 0) is 27.0 Å². The molecule has 1 N–H and O–H groups in total. The van der Waals surface area contributed by atoms with Crippen LogP contribution in [0.1, 0.15) is 43.7 Å². The summed E-state index contributed by atoms with van der Waals surface area (Å²) in [4.78, 5) is 31.7. The number of carbonyl (C=O) groups is 2. The normalized spacial score (nSPS) is 24.4. The Kier molecular flexibility index (Phi) is 7.89. The molecule has 37 heavy (non-hydrogen) atoms. The number of anilines is 1. The van der Waals surface area contributed by atoms with Gasteiger partial charge in [0.05, 0.1) is 18.8 Å². The zero-order chi connectivity index (χ0) is 26.8. The zero-order valence-corrected chi connectivity index (χ0v) is 21.1. The molecule has 200 valence electrons. The molecule has 0 aromatic heterocycles. The van der Waals surface area contributed by atoms with Crippen LogP contribution in [0.5, 0.6) is 0 Å². The molecule has 0 radical (unpaired) electrons. The van der Waals surface area contributed by atoms with Crippen molar-refractivity contribution in [2.45, 2.75) is 56.9 Å². The highest BCUT2D eigenvalue weighted by Gasteiger charge is 2.35. The van der Waals surface area contributed by atoms with Crippen LogP contribution >= 0.6 is 0 Å². The average Bonchev–Trinajstić information content (AvgIpc) is 3.37. The van der Waals surface area contributed by atoms with Gasteiger partial charge < -0.3 is 14.7 Å². The minimum atomic E-state index is -4.41. The topological polar surface area (TPSA) is 82.4 Å². The highest BCUT2D eigenvalue weighted by Crippen LogP contribution is 2.38. The van der Waals surface area contributed by atoms with Crippen molar-refractivity contribution >= 4 is 23.2 Å². The number of hydrogen-bond donors (Lipinski definition) is 1. The molecule has 7 nitrogen and oxygen atoms in total. The Morgan fingerprint density at radius 3 is 2.51 bits per heavy atom. The summed E-state index contributed by atoms with van der Waals surface area (Å²) >= 11 is 0. The van der Waals surface area contributed by atoms with Crippen molar-refractivity contribution in [2.75, 3.05) is 38.3 Å². The van der Waals surface area contributed by atoms with Crippen molar-refractivity contribution in [3.8, 4) is 0 Å². The lowest BCUT2D eigenvalue weighted by atomic mass is 9.79. The first-order valence-electron chi connectivity index (χ1n) is 12.4. The number of rotatable bonds is 7. The maximum Gasteiger partial charge on any atom is 0.416 e. The molecule has 1 saturated heterocycles.